The van der Waals surface area contributed by atoms with Crippen LogP contribution < -0.4 is 10.1 Å². The fraction of sp³-hybridized carbons (Fsp3) is 0.571. The number of fused-ring (bicyclic) bond motifs is 2. The topological polar surface area (TPSA) is 21.3 Å². The van der Waals surface area contributed by atoms with Crippen LogP contribution >= 0.6 is 15.9 Å². The van der Waals surface area contributed by atoms with E-state index in [-0.39, 0.29) is 5.75 Å². The van der Waals surface area contributed by atoms with Crippen LogP contribution in [0.4, 0.5) is 18.9 Å². The summed E-state index contributed by atoms with van der Waals surface area (Å²) in [5.74, 6) is 1.33. The van der Waals surface area contributed by atoms with E-state index in [1.165, 1.54) is 31.7 Å². The molecule has 1 aromatic carbocycles. The fourth-order valence-electron chi connectivity index (χ4n) is 3.43. The molecule has 2 aliphatic carbocycles. The molecule has 0 heterocycles. The second kappa shape index (κ2) is 5.13. The zero-order chi connectivity index (χ0) is 14.3. The summed E-state index contributed by atoms with van der Waals surface area (Å²) in [6, 6.07) is 5.08. The molecule has 3 rings (SSSR count). The van der Waals surface area contributed by atoms with E-state index in [9.17, 15) is 13.2 Å². The molecule has 0 radical (unpaired) electrons. The molecule has 1 N–H and O–H groups in total. The van der Waals surface area contributed by atoms with E-state index in [1.807, 2.05) is 0 Å². The summed E-state index contributed by atoms with van der Waals surface area (Å²) in [5.41, 5.74) is 0.837. The normalized spacial score (nSPS) is 28.7. The predicted octanol–water partition coefficient (Wildman–Crippen LogP) is 4.95. The first kappa shape index (κ1) is 14.0. The Morgan fingerprint density at radius 2 is 2.00 bits per heavy atom. The van der Waals surface area contributed by atoms with E-state index in [2.05, 4.69) is 26.0 Å². The van der Waals surface area contributed by atoms with Crippen LogP contribution in [0.25, 0.3) is 0 Å². The smallest absolute Gasteiger partial charge is 0.405 e. The van der Waals surface area contributed by atoms with Crippen LogP contribution in [0.1, 0.15) is 25.7 Å². The lowest BCUT2D eigenvalue weighted by atomic mass is 9.95. The Labute approximate surface area is 123 Å². The van der Waals surface area contributed by atoms with Crippen molar-refractivity contribution < 1.29 is 17.9 Å². The third-order valence-corrected chi connectivity index (χ3v) is 4.87. The van der Waals surface area contributed by atoms with Crippen molar-refractivity contribution in [2.24, 2.45) is 11.8 Å². The molecule has 1 aromatic rings. The molecular weight excluding hydrogens is 335 g/mol. The van der Waals surface area contributed by atoms with Gasteiger partial charge in [-0.05, 0) is 65.2 Å². The fourth-order valence-corrected chi connectivity index (χ4v) is 3.89. The average Bonchev–Trinajstić information content (AvgIpc) is 2.93. The van der Waals surface area contributed by atoms with Gasteiger partial charge in [0.25, 0.3) is 0 Å². The van der Waals surface area contributed by atoms with Crippen LogP contribution in [0.2, 0.25) is 0 Å². The van der Waals surface area contributed by atoms with Crippen molar-refractivity contribution in [3.8, 4) is 5.75 Å². The largest absolute Gasteiger partial charge is 0.573 e. The van der Waals surface area contributed by atoms with Crippen molar-refractivity contribution in [3.05, 3.63) is 22.7 Å². The number of hydrogen-bond donors (Lipinski definition) is 1. The molecule has 0 aliphatic heterocycles. The number of rotatable bonds is 3. The Hall–Kier alpha value is -0.910. The van der Waals surface area contributed by atoms with Gasteiger partial charge in [-0.3, -0.25) is 0 Å². The number of anilines is 1. The zero-order valence-electron chi connectivity index (χ0n) is 10.7. The zero-order valence-corrected chi connectivity index (χ0v) is 12.3. The molecule has 3 unspecified atom stereocenters. The number of alkyl halides is 3. The maximum Gasteiger partial charge on any atom is 0.573 e. The monoisotopic (exact) mass is 349 g/mol. The second-order valence-corrected chi connectivity index (χ2v) is 6.47. The Balaban J connectivity index is 1.68. The predicted molar refractivity (Wildman–Crippen MR) is 73.7 cm³/mol. The van der Waals surface area contributed by atoms with Crippen LogP contribution in [0.3, 0.4) is 0 Å². The molecule has 2 aliphatic rings. The van der Waals surface area contributed by atoms with Crippen LogP contribution in [-0.4, -0.2) is 12.4 Å². The van der Waals surface area contributed by atoms with Crippen molar-refractivity contribution in [2.45, 2.75) is 38.1 Å². The van der Waals surface area contributed by atoms with Gasteiger partial charge in [0.1, 0.15) is 5.75 Å². The van der Waals surface area contributed by atoms with Crippen LogP contribution in [0.5, 0.6) is 5.75 Å². The van der Waals surface area contributed by atoms with Crippen molar-refractivity contribution in [2.75, 3.05) is 5.32 Å². The lowest BCUT2D eigenvalue weighted by molar-refractivity contribution is -0.274. The summed E-state index contributed by atoms with van der Waals surface area (Å²) in [5, 5.41) is 3.44. The van der Waals surface area contributed by atoms with Gasteiger partial charge in [0, 0.05) is 11.7 Å². The first-order valence-electron chi connectivity index (χ1n) is 6.72. The number of benzene rings is 1. The quantitative estimate of drug-likeness (QED) is 0.833. The Kier molecular flexibility index (Phi) is 3.60. The SMILES string of the molecule is FC(F)(F)Oc1ccc(NC2CC3CCC2C3)cc1Br. The molecule has 20 heavy (non-hydrogen) atoms. The highest BCUT2D eigenvalue weighted by atomic mass is 79.9. The van der Waals surface area contributed by atoms with Gasteiger partial charge in [-0.15, -0.1) is 13.2 Å². The van der Waals surface area contributed by atoms with Gasteiger partial charge in [0.2, 0.25) is 0 Å². The van der Waals surface area contributed by atoms with E-state index < -0.39 is 6.36 Å². The lowest BCUT2D eigenvalue weighted by Gasteiger charge is -2.24. The molecule has 3 atom stereocenters. The Bertz CT molecular complexity index is 506. The minimum atomic E-state index is -4.66. The number of hydrogen-bond acceptors (Lipinski definition) is 2. The molecule has 0 spiro atoms. The molecule has 6 heteroatoms. The average molecular weight is 350 g/mol. The third kappa shape index (κ3) is 3.05. The minimum Gasteiger partial charge on any atom is -0.405 e. The molecule has 0 amide bonds. The van der Waals surface area contributed by atoms with Crippen molar-refractivity contribution in [3.63, 3.8) is 0 Å². The first-order valence-corrected chi connectivity index (χ1v) is 7.52. The highest BCUT2D eigenvalue weighted by Gasteiger charge is 2.39. The molecule has 2 saturated carbocycles. The minimum absolute atomic E-state index is 0.212. The third-order valence-electron chi connectivity index (χ3n) is 4.25. The maximum atomic E-state index is 12.2. The summed E-state index contributed by atoms with van der Waals surface area (Å²) in [6.45, 7) is 0. The van der Waals surface area contributed by atoms with Crippen molar-refractivity contribution >= 4 is 21.6 Å². The lowest BCUT2D eigenvalue weighted by Crippen LogP contribution is -2.25. The highest BCUT2D eigenvalue weighted by Crippen LogP contribution is 2.45. The number of nitrogens with one attached hydrogen (secondary N) is 1. The van der Waals surface area contributed by atoms with E-state index >= 15 is 0 Å². The van der Waals surface area contributed by atoms with Crippen LogP contribution in [0, 0.1) is 11.8 Å². The summed E-state index contributed by atoms with van der Waals surface area (Å²) >= 11 is 3.13. The van der Waals surface area contributed by atoms with Crippen molar-refractivity contribution in [1.82, 2.24) is 0 Å². The summed E-state index contributed by atoms with van der Waals surface area (Å²) in [7, 11) is 0. The summed E-state index contributed by atoms with van der Waals surface area (Å²) < 4.78 is 40.8. The number of ether oxygens (including phenoxy) is 1. The number of halogens is 4. The molecular formula is C14H15BrF3NO. The van der Waals surface area contributed by atoms with Gasteiger partial charge in [-0.25, -0.2) is 0 Å². The van der Waals surface area contributed by atoms with Gasteiger partial charge >= 0.3 is 6.36 Å². The molecule has 2 nitrogen and oxygen atoms in total. The molecule has 2 fully saturated rings. The standard InChI is InChI=1S/C14H15BrF3NO/c15-11-7-10(3-4-13(11)20-14(16,17)18)19-12-6-8-1-2-9(12)5-8/h3-4,7-9,12,19H,1-2,5-6H2. The van der Waals surface area contributed by atoms with E-state index in [0.29, 0.717) is 16.4 Å². The molecule has 110 valence electrons. The van der Waals surface area contributed by atoms with Gasteiger partial charge in [0.05, 0.1) is 4.47 Å². The molecule has 0 aromatic heterocycles. The van der Waals surface area contributed by atoms with E-state index in [1.54, 1.807) is 12.1 Å². The summed E-state index contributed by atoms with van der Waals surface area (Å²) in [4.78, 5) is 0. The highest BCUT2D eigenvalue weighted by molar-refractivity contribution is 9.10. The van der Waals surface area contributed by atoms with Gasteiger partial charge in [-0.2, -0.15) is 0 Å². The maximum absolute atomic E-state index is 12.2. The molecule has 0 saturated heterocycles. The van der Waals surface area contributed by atoms with E-state index in [4.69, 9.17) is 0 Å². The van der Waals surface area contributed by atoms with Gasteiger partial charge < -0.3 is 10.1 Å². The first-order chi connectivity index (χ1) is 9.40. The Morgan fingerprint density at radius 3 is 2.55 bits per heavy atom. The van der Waals surface area contributed by atoms with Crippen LogP contribution in [-0.2, 0) is 0 Å². The van der Waals surface area contributed by atoms with Gasteiger partial charge in [0.15, 0.2) is 0 Å². The van der Waals surface area contributed by atoms with E-state index in [0.717, 1.165) is 11.6 Å². The van der Waals surface area contributed by atoms with Crippen molar-refractivity contribution in [1.29, 1.82) is 0 Å². The van der Waals surface area contributed by atoms with Crippen LogP contribution in [0.15, 0.2) is 22.7 Å². The second-order valence-electron chi connectivity index (χ2n) is 5.62. The Morgan fingerprint density at radius 1 is 1.20 bits per heavy atom. The summed E-state index contributed by atoms with van der Waals surface area (Å²) in [6.07, 6.45) is 0.378. The van der Waals surface area contributed by atoms with Gasteiger partial charge in [-0.1, -0.05) is 6.42 Å². The molecule has 2 bridgehead atoms.